The summed E-state index contributed by atoms with van der Waals surface area (Å²) in [6.45, 7) is 2.56. The highest BCUT2D eigenvalue weighted by atomic mass is 16.5. The first-order valence-corrected chi connectivity index (χ1v) is 4.98. The van der Waals surface area contributed by atoms with Gasteiger partial charge in [0.05, 0.1) is 18.7 Å². The molecule has 1 aromatic rings. The van der Waals surface area contributed by atoms with Crippen LogP contribution in [0.25, 0.3) is 0 Å². The monoisotopic (exact) mass is 207 g/mol. The third kappa shape index (κ3) is 1.93. The Hall–Kier alpha value is -1.58. The summed E-state index contributed by atoms with van der Waals surface area (Å²) in [6.07, 6.45) is 1.80. The zero-order valence-corrected chi connectivity index (χ0v) is 8.51. The van der Waals surface area contributed by atoms with Crippen molar-refractivity contribution in [1.29, 1.82) is 0 Å². The van der Waals surface area contributed by atoms with Gasteiger partial charge >= 0.3 is 5.97 Å². The molecule has 0 bridgehead atoms. The van der Waals surface area contributed by atoms with Gasteiger partial charge in [0.2, 0.25) is 0 Å². The van der Waals surface area contributed by atoms with Crippen molar-refractivity contribution >= 4 is 5.97 Å². The third-order valence-electron chi connectivity index (χ3n) is 2.73. The predicted octanol–water partition coefficient (Wildman–Crippen LogP) is 1.67. The van der Waals surface area contributed by atoms with Crippen molar-refractivity contribution in [3.8, 4) is 5.75 Å². The molecule has 4 nitrogen and oxygen atoms in total. The first kappa shape index (κ1) is 9.96. The van der Waals surface area contributed by atoms with Crippen LogP contribution in [0.4, 0.5) is 0 Å². The lowest BCUT2D eigenvalue weighted by Crippen LogP contribution is -2.26. The van der Waals surface area contributed by atoms with E-state index in [9.17, 15) is 4.79 Å². The maximum Gasteiger partial charge on any atom is 0.304 e. The van der Waals surface area contributed by atoms with Crippen LogP contribution in [0.2, 0.25) is 0 Å². The Kier molecular flexibility index (Phi) is 2.58. The summed E-state index contributed by atoms with van der Waals surface area (Å²) in [6, 6.07) is 3.63. The molecule has 0 aliphatic carbocycles. The fourth-order valence-corrected chi connectivity index (χ4v) is 1.90. The van der Waals surface area contributed by atoms with E-state index >= 15 is 0 Å². The number of aliphatic carboxylic acids is 1. The maximum absolute atomic E-state index is 10.8. The number of fused-ring (bicyclic) bond motifs is 1. The van der Waals surface area contributed by atoms with Crippen LogP contribution in [-0.2, 0) is 4.79 Å². The Morgan fingerprint density at radius 1 is 1.73 bits per heavy atom. The van der Waals surface area contributed by atoms with E-state index in [0.29, 0.717) is 6.61 Å². The van der Waals surface area contributed by atoms with Crippen molar-refractivity contribution in [2.75, 3.05) is 6.61 Å². The van der Waals surface area contributed by atoms with Crippen LogP contribution in [-0.4, -0.2) is 22.7 Å². The van der Waals surface area contributed by atoms with Crippen LogP contribution in [0.5, 0.6) is 5.75 Å². The van der Waals surface area contributed by atoms with Gasteiger partial charge in [-0.3, -0.25) is 9.78 Å². The number of hydrogen-bond donors (Lipinski definition) is 1. The molecule has 0 amide bonds. The number of pyridine rings is 1. The fourth-order valence-electron chi connectivity index (χ4n) is 1.90. The molecule has 15 heavy (non-hydrogen) atoms. The smallest absolute Gasteiger partial charge is 0.304 e. The zero-order chi connectivity index (χ0) is 10.8. The zero-order valence-electron chi connectivity index (χ0n) is 8.51. The van der Waals surface area contributed by atoms with Gasteiger partial charge < -0.3 is 9.84 Å². The summed E-state index contributed by atoms with van der Waals surface area (Å²) in [4.78, 5) is 15.0. The average Bonchev–Trinajstić information content (AvgIpc) is 2.22. The topological polar surface area (TPSA) is 59.4 Å². The SMILES string of the molecule is C[C@H]1COc2cccnc2[C@@H]1CC(=O)O. The van der Waals surface area contributed by atoms with Gasteiger partial charge in [0.25, 0.3) is 0 Å². The Morgan fingerprint density at radius 3 is 3.27 bits per heavy atom. The molecule has 0 saturated heterocycles. The second-order valence-electron chi connectivity index (χ2n) is 3.88. The second kappa shape index (κ2) is 3.88. The summed E-state index contributed by atoms with van der Waals surface area (Å²) < 4.78 is 5.49. The molecular formula is C11H13NO3. The Bertz CT molecular complexity index is 378. The van der Waals surface area contributed by atoms with Crippen LogP contribution >= 0.6 is 0 Å². The molecule has 1 N–H and O–H groups in total. The van der Waals surface area contributed by atoms with Gasteiger partial charge in [-0.25, -0.2) is 0 Å². The predicted molar refractivity (Wildman–Crippen MR) is 53.9 cm³/mol. The number of hydrogen-bond acceptors (Lipinski definition) is 3. The van der Waals surface area contributed by atoms with Crippen LogP contribution < -0.4 is 4.74 Å². The van der Waals surface area contributed by atoms with Gasteiger partial charge in [0, 0.05) is 12.1 Å². The molecule has 0 unspecified atom stereocenters. The van der Waals surface area contributed by atoms with E-state index in [1.165, 1.54) is 0 Å². The Labute approximate surface area is 87.9 Å². The fraction of sp³-hybridized carbons (Fsp3) is 0.455. The van der Waals surface area contributed by atoms with Gasteiger partial charge in [-0.15, -0.1) is 0 Å². The van der Waals surface area contributed by atoms with Crippen molar-refractivity contribution in [2.45, 2.75) is 19.3 Å². The molecular weight excluding hydrogens is 194 g/mol. The van der Waals surface area contributed by atoms with E-state index < -0.39 is 5.97 Å². The summed E-state index contributed by atoms with van der Waals surface area (Å²) >= 11 is 0. The number of nitrogens with zero attached hydrogens (tertiary/aromatic N) is 1. The summed E-state index contributed by atoms with van der Waals surface area (Å²) in [5, 5.41) is 8.84. The molecule has 2 atom stereocenters. The highest BCUT2D eigenvalue weighted by Crippen LogP contribution is 2.37. The molecule has 2 rings (SSSR count). The van der Waals surface area contributed by atoms with Crippen LogP contribution in [0.1, 0.15) is 25.0 Å². The van der Waals surface area contributed by atoms with Crippen molar-refractivity contribution in [3.05, 3.63) is 24.0 Å². The molecule has 0 aromatic carbocycles. The van der Waals surface area contributed by atoms with Gasteiger partial charge in [-0.05, 0) is 18.1 Å². The minimum atomic E-state index is -0.787. The van der Waals surface area contributed by atoms with Gasteiger partial charge in [0.15, 0.2) is 0 Å². The molecule has 1 aromatic heterocycles. The van der Waals surface area contributed by atoms with Crippen molar-refractivity contribution in [3.63, 3.8) is 0 Å². The first-order valence-electron chi connectivity index (χ1n) is 4.98. The molecule has 1 aliphatic heterocycles. The van der Waals surface area contributed by atoms with Crippen LogP contribution in [0.15, 0.2) is 18.3 Å². The largest absolute Gasteiger partial charge is 0.491 e. The molecule has 0 fully saturated rings. The van der Waals surface area contributed by atoms with E-state index in [1.807, 2.05) is 13.0 Å². The molecule has 4 heteroatoms. The molecule has 1 aliphatic rings. The standard InChI is InChI=1S/C11H13NO3/c1-7-6-15-9-3-2-4-12-11(9)8(7)5-10(13)14/h2-4,7-8H,5-6H2,1H3,(H,13,14)/t7-,8+/m0/s1. The maximum atomic E-state index is 10.8. The second-order valence-corrected chi connectivity index (χ2v) is 3.88. The lowest BCUT2D eigenvalue weighted by Gasteiger charge is -2.29. The van der Waals surface area contributed by atoms with E-state index in [4.69, 9.17) is 9.84 Å². The number of carbonyl (C=O) groups is 1. The van der Waals surface area contributed by atoms with Gasteiger partial charge in [-0.2, -0.15) is 0 Å². The van der Waals surface area contributed by atoms with Crippen LogP contribution in [0.3, 0.4) is 0 Å². The summed E-state index contributed by atoms with van der Waals surface area (Å²) in [7, 11) is 0. The Morgan fingerprint density at radius 2 is 2.53 bits per heavy atom. The highest BCUT2D eigenvalue weighted by Gasteiger charge is 2.30. The van der Waals surface area contributed by atoms with E-state index in [2.05, 4.69) is 4.98 Å². The average molecular weight is 207 g/mol. The number of carboxylic acids is 1. The quantitative estimate of drug-likeness (QED) is 0.801. The molecule has 2 heterocycles. The van der Waals surface area contributed by atoms with Crippen molar-refractivity contribution < 1.29 is 14.6 Å². The van der Waals surface area contributed by atoms with E-state index in [-0.39, 0.29) is 18.3 Å². The van der Waals surface area contributed by atoms with E-state index in [0.717, 1.165) is 11.4 Å². The normalized spacial score (nSPS) is 24.1. The third-order valence-corrected chi connectivity index (χ3v) is 2.73. The molecule has 0 radical (unpaired) electrons. The minimum Gasteiger partial charge on any atom is -0.491 e. The lowest BCUT2D eigenvalue weighted by molar-refractivity contribution is -0.137. The minimum absolute atomic E-state index is 0.0348. The number of aromatic nitrogens is 1. The number of carboxylic acid groups (broad SMARTS) is 1. The van der Waals surface area contributed by atoms with Gasteiger partial charge in [-0.1, -0.05) is 6.92 Å². The van der Waals surface area contributed by atoms with Gasteiger partial charge in [0.1, 0.15) is 5.75 Å². The van der Waals surface area contributed by atoms with Crippen molar-refractivity contribution in [2.24, 2.45) is 5.92 Å². The molecule has 80 valence electrons. The molecule has 0 saturated carbocycles. The van der Waals surface area contributed by atoms with Crippen molar-refractivity contribution in [1.82, 2.24) is 4.98 Å². The van der Waals surface area contributed by atoms with E-state index in [1.54, 1.807) is 12.3 Å². The lowest BCUT2D eigenvalue weighted by atomic mass is 9.86. The summed E-state index contributed by atoms with van der Waals surface area (Å²) in [5.41, 5.74) is 0.777. The number of ether oxygens (including phenoxy) is 1. The van der Waals surface area contributed by atoms with Crippen LogP contribution in [0, 0.1) is 5.92 Å². The number of rotatable bonds is 2. The Balaban J connectivity index is 2.32. The first-order chi connectivity index (χ1) is 7.18. The highest BCUT2D eigenvalue weighted by molar-refractivity contribution is 5.68. The summed E-state index contributed by atoms with van der Waals surface area (Å²) in [5.74, 6) is 0.100. The molecule has 0 spiro atoms.